The Balaban J connectivity index is 3.63. The number of pyridine rings is 1. The Hall–Kier alpha value is -1.85. The Kier molecular flexibility index (Phi) is 2.05. The molecule has 0 amide bonds. The summed E-state index contributed by atoms with van der Waals surface area (Å²) < 4.78 is 1.11. The van der Waals surface area contributed by atoms with Crippen molar-refractivity contribution in [2.45, 2.75) is 6.92 Å². The van der Waals surface area contributed by atoms with Crippen LogP contribution in [0.4, 0.5) is 5.69 Å². The monoisotopic (exact) mass is 184 g/mol. The summed E-state index contributed by atoms with van der Waals surface area (Å²) in [5.41, 5.74) is -1.12. The molecule has 1 N–H and O–H groups in total. The van der Waals surface area contributed by atoms with E-state index in [1.54, 1.807) is 6.92 Å². The van der Waals surface area contributed by atoms with Crippen molar-refractivity contribution in [1.29, 1.82) is 0 Å². The van der Waals surface area contributed by atoms with Gasteiger partial charge in [0.2, 0.25) is 5.75 Å². The molecule has 6 heteroatoms. The third kappa shape index (κ3) is 1.37. The second-order valence-corrected chi connectivity index (χ2v) is 2.64. The summed E-state index contributed by atoms with van der Waals surface area (Å²) in [6, 6.07) is 1.18. The number of aromatic nitrogens is 1. The van der Waals surface area contributed by atoms with E-state index in [4.69, 9.17) is 5.11 Å². The molecule has 0 spiro atoms. The smallest absolute Gasteiger partial charge is 0.375 e. The highest BCUT2D eigenvalue weighted by Crippen LogP contribution is 2.20. The van der Waals surface area contributed by atoms with E-state index in [0.29, 0.717) is 5.69 Å². The van der Waals surface area contributed by atoms with Crippen molar-refractivity contribution in [3.63, 3.8) is 0 Å². The van der Waals surface area contributed by atoms with Gasteiger partial charge in [0, 0.05) is 18.8 Å². The third-order valence-corrected chi connectivity index (χ3v) is 1.81. The van der Waals surface area contributed by atoms with E-state index in [9.17, 15) is 14.9 Å². The largest absolute Gasteiger partial charge is 0.502 e. The molecule has 1 aromatic heterocycles. The van der Waals surface area contributed by atoms with E-state index >= 15 is 0 Å². The van der Waals surface area contributed by atoms with Gasteiger partial charge in [-0.1, -0.05) is 0 Å². The predicted octanol–water partition coefficient (Wildman–Crippen LogP) is 0.308. The lowest BCUT2D eigenvalue weighted by atomic mass is 10.3. The molecule has 13 heavy (non-hydrogen) atoms. The van der Waals surface area contributed by atoms with Crippen LogP contribution in [0.5, 0.6) is 5.75 Å². The Labute approximate surface area is 73.2 Å². The zero-order chi connectivity index (χ0) is 10.2. The Morgan fingerprint density at radius 3 is 2.62 bits per heavy atom. The van der Waals surface area contributed by atoms with Gasteiger partial charge in [-0.2, -0.15) is 0 Å². The minimum atomic E-state index is -0.892. The fraction of sp³-hybridized carbons (Fsp3) is 0.286. The maximum absolute atomic E-state index is 11.2. The highest BCUT2D eigenvalue weighted by molar-refractivity contribution is 5.44. The number of aryl methyl sites for hydroxylation is 1. The van der Waals surface area contributed by atoms with Crippen LogP contribution in [-0.4, -0.2) is 14.6 Å². The molecule has 0 unspecified atom stereocenters. The van der Waals surface area contributed by atoms with Gasteiger partial charge in [-0.25, -0.2) is 0 Å². The number of nitrogens with zero attached hydrogens (tertiary/aromatic N) is 2. The fourth-order valence-corrected chi connectivity index (χ4v) is 0.963. The standard InChI is InChI=1S/C7H8N2O4/c1-4-3-5(10)6(9(12)13)7(11)8(4)2/h3,10H,1-2H3. The van der Waals surface area contributed by atoms with Crippen molar-refractivity contribution in [2.75, 3.05) is 0 Å². The van der Waals surface area contributed by atoms with Gasteiger partial charge in [-0.3, -0.25) is 14.9 Å². The van der Waals surface area contributed by atoms with Gasteiger partial charge in [-0.05, 0) is 6.92 Å². The van der Waals surface area contributed by atoms with Gasteiger partial charge in [0.25, 0.3) is 0 Å². The zero-order valence-corrected chi connectivity index (χ0v) is 7.14. The summed E-state index contributed by atoms with van der Waals surface area (Å²) in [6.07, 6.45) is 0. The second-order valence-electron chi connectivity index (χ2n) is 2.64. The summed E-state index contributed by atoms with van der Waals surface area (Å²) in [4.78, 5) is 20.7. The number of hydrogen-bond acceptors (Lipinski definition) is 4. The molecule has 0 atom stereocenters. The molecular formula is C7H8N2O4. The lowest BCUT2D eigenvalue weighted by molar-refractivity contribution is -0.387. The molecule has 0 aliphatic heterocycles. The number of rotatable bonds is 1. The van der Waals surface area contributed by atoms with Gasteiger partial charge >= 0.3 is 11.2 Å². The maximum atomic E-state index is 11.2. The molecule has 1 heterocycles. The van der Waals surface area contributed by atoms with Crippen molar-refractivity contribution in [3.8, 4) is 5.75 Å². The first-order valence-corrected chi connectivity index (χ1v) is 3.49. The minimum absolute atomic E-state index is 0.466. The van der Waals surface area contributed by atoms with Gasteiger partial charge in [0.05, 0.1) is 4.92 Å². The second kappa shape index (κ2) is 2.89. The highest BCUT2D eigenvalue weighted by Gasteiger charge is 2.20. The molecular weight excluding hydrogens is 176 g/mol. The molecule has 0 aromatic carbocycles. The molecule has 0 bridgehead atoms. The van der Waals surface area contributed by atoms with Crippen LogP contribution in [0.15, 0.2) is 10.9 Å². The van der Waals surface area contributed by atoms with Crippen molar-refractivity contribution in [3.05, 3.63) is 32.2 Å². The van der Waals surface area contributed by atoms with Crippen molar-refractivity contribution in [1.82, 2.24) is 4.57 Å². The van der Waals surface area contributed by atoms with E-state index < -0.39 is 21.9 Å². The van der Waals surface area contributed by atoms with Gasteiger partial charge in [0.1, 0.15) is 0 Å². The Morgan fingerprint density at radius 1 is 1.62 bits per heavy atom. The molecule has 0 saturated carbocycles. The molecule has 0 radical (unpaired) electrons. The van der Waals surface area contributed by atoms with E-state index in [0.717, 1.165) is 4.57 Å². The third-order valence-electron chi connectivity index (χ3n) is 1.81. The van der Waals surface area contributed by atoms with E-state index in [1.807, 2.05) is 0 Å². The van der Waals surface area contributed by atoms with Crippen LogP contribution < -0.4 is 5.56 Å². The summed E-state index contributed by atoms with van der Waals surface area (Å²) in [5.74, 6) is -0.592. The van der Waals surface area contributed by atoms with Crippen LogP contribution >= 0.6 is 0 Å². The average Bonchev–Trinajstić information content (AvgIpc) is 1.99. The first kappa shape index (κ1) is 9.24. The maximum Gasteiger partial charge on any atom is 0.375 e. The van der Waals surface area contributed by atoms with Crippen LogP contribution in [0.2, 0.25) is 0 Å². The predicted molar refractivity (Wildman–Crippen MR) is 44.7 cm³/mol. The fourth-order valence-electron chi connectivity index (χ4n) is 0.963. The molecule has 70 valence electrons. The van der Waals surface area contributed by atoms with Gasteiger partial charge < -0.3 is 9.67 Å². The summed E-state index contributed by atoms with van der Waals surface area (Å²) in [5, 5.41) is 19.5. The number of nitro groups is 1. The first-order valence-electron chi connectivity index (χ1n) is 3.49. The average molecular weight is 184 g/mol. The van der Waals surface area contributed by atoms with Crippen LogP contribution in [0, 0.1) is 17.0 Å². The number of aromatic hydroxyl groups is 1. The van der Waals surface area contributed by atoms with Crippen LogP contribution in [0.25, 0.3) is 0 Å². The quantitative estimate of drug-likeness (QED) is 0.502. The molecule has 6 nitrogen and oxygen atoms in total. The van der Waals surface area contributed by atoms with Crippen LogP contribution in [-0.2, 0) is 7.05 Å². The first-order chi connectivity index (χ1) is 5.95. The lowest BCUT2D eigenvalue weighted by Gasteiger charge is -2.03. The van der Waals surface area contributed by atoms with Crippen molar-refractivity contribution >= 4 is 5.69 Å². The Bertz CT molecular complexity index is 421. The van der Waals surface area contributed by atoms with Crippen LogP contribution in [0.1, 0.15) is 5.69 Å². The topological polar surface area (TPSA) is 85.4 Å². The normalized spacial score (nSPS) is 10.0. The number of hydrogen-bond donors (Lipinski definition) is 1. The molecule has 0 fully saturated rings. The van der Waals surface area contributed by atoms with Gasteiger partial charge in [-0.15, -0.1) is 0 Å². The van der Waals surface area contributed by atoms with E-state index in [2.05, 4.69) is 0 Å². The molecule has 0 aliphatic carbocycles. The SMILES string of the molecule is Cc1cc(O)c([N+](=O)[O-])c(=O)n1C. The van der Waals surface area contributed by atoms with E-state index in [-0.39, 0.29) is 0 Å². The molecule has 1 rings (SSSR count). The molecule has 0 aliphatic rings. The molecule has 0 saturated heterocycles. The van der Waals surface area contributed by atoms with Gasteiger partial charge in [0.15, 0.2) is 0 Å². The van der Waals surface area contributed by atoms with Crippen molar-refractivity contribution < 1.29 is 10.0 Å². The van der Waals surface area contributed by atoms with Crippen molar-refractivity contribution in [2.24, 2.45) is 7.05 Å². The Morgan fingerprint density at radius 2 is 2.15 bits per heavy atom. The summed E-state index contributed by atoms with van der Waals surface area (Å²) >= 11 is 0. The zero-order valence-electron chi connectivity index (χ0n) is 7.14. The summed E-state index contributed by atoms with van der Waals surface area (Å²) in [6.45, 7) is 1.57. The van der Waals surface area contributed by atoms with Crippen LogP contribution in [0.3, 0.4) is 0 Å². The molecule has 1 aromatic rings. The highest BCUT2D eigenvalue weighted by atomic mass is 16.6. The summed E-state index contributed by atoms with van der Waals surface area (Å²) in [7, 11) is 1.41. The lowest BCUT2D eigenvalue weighted by Crippen LogP contribution is -2.21. The van der Waals surface area contributed by atoms with E-state index in [1.165, 1.54) is 13.1 Å². The minimum Gasteiger partial charge on any atom is -0.502 e.